The Kier molecular flexibility index (Phi) is 9.38. The Morgan fingerprint density at radius 1 is 0.870 bits per heavy atom. The van der Waals surface area contributed by atoms with Crippen LogP contribution in [0.1, 0.15) is 89.0 Å². The lowest BCUT2D eigenvalue weighted by Gasteiger charge is -2.34. The van der Waals surface area contributed by atoms with Gasteiger partial charge in [0.05, 0.1) is 0 Å². The molecule has 2 fully saturated rings. The summed E-state index contributed by atoms with van der Waals surface area (Å²) in [5.41, 5.74) is 0.905. The summed E-state index contributed by atoms with van der Waals surface area (Å²) in [6.45, 7) is 28.7. The summed E-state index contributed by atoms with van der Waals surface area (Å²) in [6, 6.07) is 0.704. The molecule has 0 aromatic heterocycles. The van der Waals surface area contributed by atoms with Gasteiger partial charge in [-0.15, -0.1) is 0 Å². The molecule has 0 aromatic carbocycles. The van der Waals surface area contributed by atoms with E-state index in [-0.39, 0.29) is 0 Å². The summed E-state index contributed by atoms with van der Waals surface area (Å²) >= 11 is 0. The van der Waals surface area contributed by atoms with Gasteiger partial charge in [-0.3, -0.25) is 9.80 Å². The summed E-state index contributed by atoms with van der Waals surface area (Å²) in [4.78, 5) is 5.18. The molecule has 0 aliphatic carbocycles. The molecule has 0 aromatic rings. The minimum Gasteiger partial charge on any atom is -0.298 e. The molecule has 0 bridgehead atoms. The van der Waals surface area contributed by atoms with Crippen LogP contribution in [0.15, 0.2) is 0 Å². The van der Waals surface area contributed by atoms with Gasteiger partial charge >= 0.3 is 0 Å². The Morgan fingerprint density at radius 3 is 1.48 bits per heavy atom. The molecule has 2 heteroatoms. The second kappa shape index (κ2) is 9.42. The van der Waals surface area contributed by atoms with Crippen molar-refractivity contribution in [3.63, 3.8) is 0 Å². The fourth-order valence-corrected chi connectivity index (χ4v) is 4.75. The van der Waals surface area contributed by atoms with Crippen LogP contribution in [0, 0.1) is 11.8 Å². The van der Waals surface area contributed by atoms with Crippen LogP contribution in [-0.2, 0) is 0 Å². The summed E-state index contributed by atoms with van der Waals surface area (Å²) in [5.74, 6) is 1.78. The van der Waals surface area contributed by atoms with E-state index in [1.165, 1.54) is 32.5 Å². The molecule has 0 spiro atoms. The van der Waals surface area contributed by atoms with Crippen LogP contribution in [0.4, 0.5) is 0 Å². The number of hydrogen-bond acceptors (Lipinski definition) is 2. The molecular formula is C21H46N2. The van der Waals surface area contributed by atoms with Gasteiger partial charge in [-0.25, -0.2) is 0 Å². The molecule has 2 heterocycles. The average Bonchev–Trinajstić information content (AvgIpc) is 2.86. The minimum atomic E-state index is 0.438. The quantitative estimate of drug-likeness (QED) is 0.645. The van der Waals surface area contributed by atoms with Crippen LogP contribution in [-0.4, -0.2) is 46.6 Å². The van der Waals surface area contributed by atoms with Crippen molar-refractivity contribution in [2.75, 3.05) is 19.6 Å². The zero-order chi connectivity index (χ0) is 18.4. The van der Waals surface area contributed by atoms with Gasteiger partial charge in [0.2, 0.25) is 0 Å². The molecule has 0 radical (unpaired) electrons. The largest absolute Gasteiger partial charge is 0.298 e. The molecule has 2 nitrogen and oxygen atoms in total. The van der Waals surface area contributed by atoms with Gasteiger partial charge in [0.1, 0.15) is 0 Å². The lowest BCUT2D eigenvalue weighted by atomic mass is 9.97. The Labute approximate surface area is 148 Å². The standard InChI is InChI=1S/C10H21N.C9H19N.C2H6/c1-8(2)11-7-9(3)6-10(11,4)5;1-5-10-7-8(2)6-9(10,3)4;1-2/h8-9H,6-7H2,1-5H3;8H,5-7H2,1-4H3;1-2H3. The Balaban J connectivity index is 0.000000381. The Hall–Kier alpha value is -0.0800. The predicted molar refractivity (Wildman–Crippen MR) is 106 cm³/mol. The molecule has 0 N–H and O–H groups in total. The molecule has 23 heavy (non-hydrogen) atoms. The number of rotatable bonds is 2. The van der Waals surface area contributed by atoms with Gasteiger partial charge in [0.25, 0.3) is 0 Å². The topological polar surface area (TPSA) is 6.48 Å². The van der Waals surface area contributed by atoms with Gasteiger partial charge in [-0.05, 0) is 72.8 Å². The fourth-order valence-electron chi connectivity index (χ4n) is 4.75. The molecule has 0 saturated carbocycles. The molecule has 2 saturated heterocycles. The normalized spacial score (nSPS) is 29.7. The van der Waals surface area contributed by atoms with Gasteiger partial charge in [0.15, 0.2) is 0 Å². The summed E-state index contributed by atoms with van der Waals surface area (Å²) < 4.78 is 0. The van der Waals surface area contributed by atoms with E-state index in [9.17, 15) is 0 Å². The van der Waals surface area contributed by atoms with Crippen LogP contribution in [0.2, 0.25) is 0 Å². The third-order valence-corrected chi connectivity index (χ3v) is 5.38. The van der Waals surface area contributed by atoms with E-state index in [4.69, 9.17) is 0 Å². The van der Waals surface area contributed by atoms with Crippen molar-refractivity contribution >= 4 is 0 Å². The first-order chi connectivity index (χ1) is 10.5. The third-order valence-electron chi connectivity index (χ3n) is 5.38. The summed E-state index contributed by atoms with van der Waals surface area (Å²) in [7, 11) is 0. The average molecular weight is 327 g/mol. The smallest absolute Gasteiger partial charge is 0.0159 e. The first kappa shape index (κ1) is 22.9. The van der Waals surface area contributed by atoms with E-state index in [0.29, 0.717) is 17.1 Å². The summed E-state index contributed by atoms with van der Waals surface area (Å²) in [6.07, 6.45) is 2.71. The van der Waals surface area contributed by atoms with Gasteiger partial charge < -0.3 is 0 Å². The van der Waals surface area contributed by atoms with E-state index in [1.807, 2.05) is 13.8 Å². The minimum absolute atomic E-state index is 0.438. The number of likely N-dealkylation sites (tertiary alicyclic amines) is 2. The first-order valence-electron chi connectivity index (χ1n) is 10.0. The highest BCUT2D eigenvalue weighted by atomic mass is 15.2. The van der Waals surface area contributed by atoms with E-state index >= 15 is 0 Å². The zero-order valence-electron chi connectivity index (χ0n) is 18.2. The van der Waals surface area contributed by atoms with Crippen molar-refractivity contribution in [1.29, 1.82) is 0 Å². The highest BCUT2D eigenvalue weighted by Crippen LogP contribution is 2.33. The molecule has 2 aliphatic heterocycles. The molecular weight excluding hydrogens is 280 g/mol. The highest BCUT2D eigenvalue weighted by molar-refractivity contribution is 4.92. The van der Waals surface area contributed by atoms with Crippen molar-refractivity contribution in [3.8, 4) is 0 Å². The predicted octanol–water partition coefficient (Wildman–Crippen LogP) is 5.67. The molecule has 2 rings (SSSR count). The van der Waals surface area contributed by atoms with Crippen molar-refractivity contribution < 1.29 is 0 Å². The maximum absolute atomic E-state index is 2.61. The Bertz CT molecular complexity index is 320. The van der Waals surface area contributed by atoms with E-state index in [1.54, 1.807) is 0 Å². The van der Waals surface area contributed by atoms with E-state index < -0.39 is 0 Å². The van der Waals surface area contributed by atoms with Crippen molar-refractivity contribution in [2.24, 2.45) is 11.8 Å². The lowest BCUT2D eigenvalue weighted by molar-refractivity contribution is 0.134. The van der Waals surface area contributed by atoms with Crippen molar-refractivity contribution in [3.05, 3.63) is 0 Å². The molecule has 140 valence electrons. The highest BCUT2D eigenvalue weighted by Gasteiger charge is 2.37. The van der Waals surface area contributed by atoms with Crippen LogP contribution >= 0.6 is 0 Å². The van der Waals surface area contributed by atoms with Crippen LogP contribution in [0.25, 0.3) is 0 Å². The number of hydrogen-bond donors (Lipinski definition) is 0. The second-order valence-corrected chi connectivity index (χ2v) is 9.03. The third kappa shape index (κ3) is 6.74. The fraction of sp³-hybridized carbons (Fsp3) is 1.00. The zero-order valence-corrected chi connectivity index (χ0v) is 18.2. The van der Waals surface area contributed by atoms with Crippen molar-refractivity contribution in [1.82, 2.24) is 9.80 Å². The van der Waals surface area contributed by atoms with Crippen LogP contribution < -0.4 is 0 Å². The number of nitrogens with zero attached hydrogens (tertiary/aromatic N) is 2. The molecule has 2 unspecified atom stereocenters. The van der Waals surface area contributed by atoms with Crippen molar-refractivity contribution in [2.45, 2.75) is 106 Å². The SMILES string of the molecule is CC.CC1CN(C(C)C)C(C)(C)C1.CCN1CC(C)CC1(C)C. The maximum atomic E-state index is 2.61. The van der Waals surface area contributed by atoms with Gasteiger partial charge in [-0.2, -0.15) is 0 Å². The van der Waals surface area contributed by atoms with E-state index in [2.05, 4.69) is 72.1 Å². The van der Waals surface area contributed by atoms with Crippen LogP contribution in [0.5, 0.6) is 0 Å². The molecule has 2 atom stereocenters. The summed E-state index contributed by atoms with van der Waals surface area (Å²) in [5, 5.41) is 0. The first-order valence-corrected chi connectivity index (χ1v) is 10.0. The van der Waals surface area contributed by atoms with E-state index in [0.717, 1.165) is 11.8 Å². The lowest BCUT2D eigenvalue weighted by Crippen LogP contribution is -2.42. The monoisotopic (exact) mass is 326 g/mol. The van der Waals surface area contributed by atoms with Gasteiger partial charge in [-0.1, -0.05) is 34.6 Å². The molecule has 2 aliphatic rings. The molecule has 0 amide bonds. The van der Waals surface area contributed by atoms with Gasteiger partial charge in [0, 0.05) is 30.2 Å². The maximum Gasteiger partial charge on any atom is 0.0159 e. The van der Waals surface area contributed by atoms with Crippen LogP contribution in [0.3, 0.4) is 0 Å². The Morgan fingerprint density at radius 2 is 1.30 bits per heavy atom. The second-order valence-electron chi connectivity index (χ2n) is 9.03.